The van der Waals surface area contributed by atoms with Gasteiger partial charge >= 0.3 is 5.69 Å². The first-order valence-corrected chi connectivity index (χ1v) is 6.59. The summed E-state index contributed by atoms with van der Waals surface area (Å²) < 4.78 is 1.51. The number of carbonyl (C=O) groups is 1. The lowest BCUT2D eigenvalue weighted by atomic mass is 9.99. The average Bonchev–Trinajstić information content (AvgIpc) is 2.81. The zero-order valence-corrected chi connectivity index (χ0v) is 10.9. The molecule has 0 radical (unpaired) electrons. The Morgan fingerprint density at radius 1 is 1.30 bits per heavy atom. The molecule has 6 nitrogen and oxygen atoms in total. The standard InChI is InChI=1S/C14H16N4O2/c19-13(7-10-8-15-9-10)17-11-1-3-12(4-2-11)18-6-5-16-14(18)20/h1-6,10,15H,7-9H2,(H,16,20)(H,17,19). The summed E-state index contributed by atoms with van der Waals surface area (Å²) >= 11 is 0. The molecule has 6 heteroatoms. The van der Waals surface area contributed by atoms with Gasteiger partial charge in [0.1, 0.15) is 0 Å². The summed E-state index contributed by atoms with van der Waals surface area (Å²) in [5, 5.41) is 6.01. The summed E-state index contributed by atoms with van der Waals surface area (Å²) in [6.07, 6.45) is 3.80. The Bertz CT molecular complexity index is 652. The van der Waals surface area contributed by atoms with Crippen molar-refractivity contribution in [2.75, 3.05) is 18.4 Å². The SMILES string of the molecule is O=C(CC1CNC1)Nc1ccc(-n2cc[nH]c2=O)cc1. The second-order valence-corrected chi connectivity index (χ2v) is 4.96. The number of hydrogen-bond donors (Lipinski definition) is 3. The maximum Gasteiger partial charge on any atom is 0.330 e. The number of amides is 1. The molecular formula is C14H16N4O2. The van der Waals surface area contributed by atoms with E-state index in [0.29, 0.717) is 12.3 Å². The fraction of sp³-hybridized carbons (Fsp3) is 0.286. The third-order valence-corrected chi connectivity index (χ3v) is 3.42. The number of aromatic nitrogens is 2. The first-order valence-electron chi connectivity index (χ1n) is 6.59. The molecule has 0 atom stereocenters. The summed E-state index contributed by atoms with van der Waals surface area (Å²) in [5.74, 6) is 0.482. The predicted molar refractivity (Wildman–Crippen MR) is 76.0 cm³/mol. The summed E-state index contributed by atoms with van der Waals surface area (Å²) in [4.78, 5) is 25.8. The topological polar surface area (TPSA) is 78.9 Å². The molecule has 0 aliphatic carbocycles. The number of nitrogens with one attached hydrogen (secondary N) is 3. The van der Waals surface area contributed by atoms with Gasteiger partial charge in [0.15, 0.2) is 0 Å². The Labute approximate surface area is 115 Å². The van der Waals surface area contributed by atoms with Crippen molar-refractivity contribution in [3.8, 4) is 5.69 Å². The molecule has 1 aliphatic rings. The van der Waals surface area contributed by atoms with Crippen LogP contribution in [-0.4, -0.2) is 28.5 Å². The third-order valence-electron chi connectivity index (χ3n) is 3.42. The maximum atomic E-state index is 11.8. The minimum atomic E-state index is -0.181. The molecule has 1 aliphatic heterocycles. The fourth-order valence-electron chi connectivity index (χ4n) is 2.20. The fourth-order valence-corrected chi connectivity index (χ4v) is 2.20. The summed E-state index contributed by atoms with van der Waals surface area (Å²) in [7, 11) is 0. The van der Waals surface area contributed by atoms with Crippen molar-refractivity contribution in [3.63, 3.8) is 0 Å². The quantitative estimate of drug-likeness (QED) is 0.767. The number of carbonyl (C=O) groups excluding carboxylic acids is 1. The van der Waals surface area contributed by atoms with Crippen molar-refractivity contribution in [1.82, 2.24) is 14.9 Å². The van der Waals surface area contributed by atoms with E-state index in [1.807, 2.05) is 0 Å². The molecule has 0 unspecified atom stereocenters. The van der Waals surface area contributed by atoms with Crippen molar-refractivity contribution < 1.29 is 4.79 Å². The molecule has 0 spiro atoms. The highest BCUT2D eigenvalue weighted by Gasteiger charge is 2.19. The molecule has 1 aromatic carbocycles. The molecule has 1 amide bonds. The second-order valence-electron chi connectivity index (χ2n) is 4.96. The third kappa shape index (κ3) is 2.65. The molecule has 3 rings (SSSR count). The molecule has 0 saturated carbocycles. The lowest BCUT2D eigenvalue weighted by molar-refractivity contribution is -0.117. The smallest absolute Gasteiger partial charge is 0.326 e. The van der Waals surface area contributed by atoms with Gasteiger partial charge in [-0.2, -0.15) is 0 Å². The lowest BCUT2D eigenvalue weighted by Crippen LogP contribution is -2.43. The lowest BCUT2D eigenvalue weighted by Gasteiger charge is -2.26. The molecule has 2 heterocycles. The van der Waals surface area contributed by atoms with E-state index in [9.17, 15) is 9.59 Å². The van der Waals surface area contributed by atoms with Crippen LogP contribution in [-0.2, 0) is 4.79 Å². The minimum Gasteiger partial charge on any atom is -0.326 e. The van der Waals surface area contributed by atoms with Crippen LogP contribution in [0.1, 0.15) is 6.42 Å². The number of nitrogens with zero attached hydrogens (tertiary/aromatic N) is 1. The Hall–Kier alpha value is -2.34. The number of aromatic amines is 1. The number of H-pyrrole nitrogens is 1. The van der Waals surface area contributed by atoms with Crippen molar-refractivity contribution >= 4 is 11.6 Å². The van der Waals surface area contributed by atoms with E-state index >= 15 is 0 Å². The van der Waals surface area contributed by atoms with Gasteiger partial charge in [-0.1, -0.05) is 0 Å². The molecular weight excluding hydrogens is 256 g/mol. The zero-order valence-electron chi connectivity index (χ0n) is 10.9. The number of hydrogen-bond acceptors (Lipinski definition) is 3. The summed E-state index contributed by atoms with van der Waals surface area (Å²) in [5.41, 5.74) is 1.33. The molecule has 1 fully saturated rings. The van der Waals surface area contributed by atoms with E-state index in [2.05, 4.69) is 15.6 Å². The molecule has 0 bridgehead atoms. The normalized spacial score (nSPS) is 14.8. The van der Waals surface area contributed by atoms with E-state index in [4.69, 9.17) is 0 Å². The Kier molecular flexibility index (Phi) is 3.39. The van der Waals surface area contributed by atoms with Gasteiger partial charge < -0.3 is 15.6 Å². The van der Waals surface area contributed by atoms with Crippen molar-refractivity contribution in [1.29, 1.82) is 0 Å². The van der Waals surface area contributed by atoms with Gasteiger partial charge in [0.25, 0.3) is 0 Å². The van der Waals surface area contributed by atoms with E-state index < -0.39 is 0 Å². The van der Waals surface area contributed by atoms with E-state index in [1.54, 1.807) is 36.7 Å². The zero-order chi connectivity index (χ0) is 13.9. The summed E-state index contributed by atoms with van der Waals surface area (Å²) in [6.45, 7) is 1.84. The Morgan fingerprint density at radius 3 is 2.60 bits per heavy atom. The Balaban J connectivity index is 1.65. The highest BCUT2D eigenvalue weighted by Crippen LogP contribution is 2.14. The van der Waals surface area contributed by atoms with Crippen molar-refractivity contribution in [2.24, 2.45) is 5.92 Å². The predicted octanol–water partition coefficient (Wildman–Crippen LogP) is 0.714. The average molecular weight is 272 g/mol. The highest BCUT2D eigenvalue weighted by molar-refractivity contribution is 5.91. The van der Waals surface area contributed by atoms with E-state index in [1.165, 1.54) is 4.57 Å². The van der Waals surface area contributed by atoms with Gasteiger partial charge in [0.05, 0.1) is 5.69 Å². The van der Waals surface area contributed by atoms with Crippen LogP contribution in [0.3, 0.4) is 0 Å². The number of imidazole rings is 1. The number of anilines is 1. The minimum absolute atomic E-state index is 0.0306. The first-order chi connectivity index (χ1) is 9.72. The molecule has 20 heavy (non-hydrogen) atoms. The van der Waals surface area contributed by atoms with E-state index in [0.717, 1.165) is 24.5 Å². The van der Waals surface area contributed by atoms with E-state index in [-0.39, 0.29) is 11.6 Å². The van der Waals surface area contributed by atoms with Crippen LogP contribution in [0.25, 0.3) is 5.69 Å². The van der Waals surface area contributed by atoms with Gasteiger partial charge in [-0.25, -0.2) is 4.79 Å². The Morgan fingerprint density at radius 2 is 2.05 bits per heavy atom. The van der Waals surface area contributed by atoms with Crippen LogP contribution in [0.2, 0.25) is 0 Å². The van der Waals surface area contributed by atoms with Gasteiger partial charge in [-0.05, 0) is 43.3 Å². The monoisotopic (exact) mass is 272 g/mol. The molecule has 3 N–H and O–H groups in total. The van der Waals surface area contributed by atoms with Gasteiger partial charge in [0, 0.05) is 24.5 Å². The van der Waals surface area contributed by atoms with Crippen LogP contribution < -0.4 is 16.3 Å². The molecule has 2 aromatic rings. The van der Waals surface area contributed by atoms with Crippen molar-refractivity contribution in [2.45, 2.75) is 6.42 Å². The van der Waals surface area contributed by atoms with Crippen LogP contribution in [0.4, 0.5) is 5.69 Å². The van der Waals surface area contributed by atoms with Gasteiger partial charge in [-0.15, -0.1) is 0 Å². The van der Waals surface area contributed by atoms with Gasteiger partial charge in [0.2, 0.25) is 5.91 Å². The van der Waals surface area contributed by atoms with Crippen LogP contribution in [0.5, 0.6) is 0 Å². The number of rotatable bonds is 4. The molecule has 104 valence electrons. The van der Waals surface area contributed by atoms with Crippen molar-refractivity contribution in [3.05, 3.63) is 47.1 Å². The van der Waals surface area contributed by atoms with Crippen LogP contribution in [0, 0.1) is 5.92 Å². The van der Waals surface area contributed by atoms with Gasteiger partial charge in [-0.3, -0.25) is 9.36 Å². The van der Waals surface area contributed by atoms with Crippen LogP contribution in [0.15, 0.2) is 41.5 Å². The maximum absolute atomic E-state index is 11.8. The molecule has 1 aromatic heterocycles. The second kappa shape index (κ2) is 5.34. The first kappa shape index (κ1) is 12.7. The largest absolute Gasteiger partial charge is 0.330 e. The molecule has 1 saturated heterocycles. The summed E-state index contributed by atoms with van der Waals surface area (Å²) in [6, 6.07) is 7.20. The highest BCUT2D eigenvalue weighted by atomic mass is 16.2. The van der Waals surface area contributed by atoms with Crippen LogP contribution >= 0.6 is 0 Å². The number of benzene rings is 1.